The zero-order chi connectivity index (χ0) is 13.9. The van der Waals surface area contributed by atoms with Crippen molar-refractivity contribution in [1.29, 1.82) is 0 Å². The third-order valence-electron chi connectivity index (χ3n) is 2.34. The van der Waals surface area contributed by atoms with Crippen molar-refractivity contribution in [3.05, 3.63) is 14.5 Å². The zero-order valence-corrected chi connectivity index (χ0v) is 11.6. The van der Waals surface area contributed by atoms with Crippen LogP contribution in [0.3, 0.4) is 0 Å². The number of aromatic nitrogens is 1. The molecule has 0 atom stereocenters. The van der Waals surface area contributed by atoms with Crippen LogP contribution in [0.5, 0.6) is 0 Å². The van der Waals surface area contributed by atoms with Crippen molar-refractivity contribution < 1.29 is 18.0 Å². The molecule has 0 bridgehead atoms. The van der Waals surface area contributed by atoms with Gasteiger partial charge in [0.1, 0.15) is 6.54 Å². The number of aromatic amines is 1. The molecule has 0 radical (unpaired) electrons. The number of halogens is 3. The summed E-state index contributed by atoms with van der Waals surface area (Å²) in [5.41, 5.74) is 0.737. The first-order valence-corrected chi connectivity index (χ1v) is 6.48. The van der Waals surface area contributed by atoms with Gasteiger partial charge in [-0.3, -0.25) is 4.79 Å². The number of alkyl halides is 3. The maximum Gasteiger partial charge on any atom is 0.406 e. The summed E-state index contributed by atoms with van der Waals surface area (Å²) in [6, 6.07) is 0. The molecule has 8 heteroatoms. The number of rotatable bonds is 4. The molecule has 0 unspecified atom stereocenters. The van der Waals surface area contributed by atoms with E-state index in [-0.39, 0.29) is 13.0 Å². The number of amides is 1. The Labute approximate surface area is 112 Å². The number of nitrogens with zero attached hydrogens (tertiary/aromatic N) is 1. The largest absolute Gasteiger partial charge is 0.406 e. The number of nitrogens with one attached hydrogen (secondary N) is 1. The number of thiazole rings is 1. The molecule has 1 aromatic rings. The van der Waals surface area contributed by atoms with E-state index in [1.165, 1.54) is 18.3 Å². The predicted molar refractivity (Wildman–Crippen MR) is 66.3 cm³/mol. The Morgan fingerprint density at radius 1 is 1.50 bits per heavy atom. The quantitative estimate of drug-likeness (QED) is 0.867. The fourth-order valence-electron chi connectivity index (χ4n) is 1.45. The average molecular weight is 298 g/mol. The van der Waals surface area contributed by atoms with Crippen molar-refractivity contribution in [2.45, 2.75) is 26.4 Å². The van der Waals surface area contributed by atoms with E-state index in [0.29, 0.717) is 8.83 Å². The molecule has 102 valence electrons. The average Bonchev–Trinajstić information content (AvgIpc) is 2.52. The molecule has 0 aliphatic carbocycles. The topological polar surface area (TPSA) is 36.1 Å². The summed E-state index contributed by atoms with van der Waals surface area (Å²) < 4.78 is 37.3. The van der Waals surface area contributed by atoms with Crippen LogP contribution in [0, 0.1) is 10.9 Å². The molecule has 0 saturated heterocycles. The van der Waals surface area contributed by atoms with Crippen molar-refractivity contribution in [3.63, 3.8) is 0 Å². The first-order valence-electron chi connectivity index (χ1n) is 5.26. The summed E-state index contributed by atoms with van der Waals surface area (Å²) in [5.74, 6) is -0.539. The molecule has 0 aliphatic rings. The van der Waals surface area contributed by atoms with E-state index in [2.05, 4.69) is 4.98 Å². The minimum Gasteiger partial charge on any atom is -0.341 e. The smallest absolute Gasteiger partial charge is 0.341 e. The van der Waals surface area contributed by atoms with Gasteiger partial charge in [0.15, 0.2) is 3.95 Å². The summed E-state index contributed by atoms with van der Waals surface area (Å²) in [6.45, 7) is 2.09. The number of likely N-dealkylation sites (N-methyl/N-ethyl adjacent to an activating group) is 1. The van der Waals surface area contributed by atoms with Crippen LogP contribution >= 0.6 is 23.6 Å². The van der Waals surface area contributed by atoms with Crippen molar-refractivity contribution in [3.8, 4) is 0 Å². The number of hydrogen-bond acceptors (Lipinski definition) is 3. The highest BCUT2D eigenvalue weighted by molar-refractivity contribution is 7.73. The fourth-order valence-corrected chi connectivity index (χ4v) is 2.73. The van der Waals surface area contributed by atoms with Crippen LogP contribution in [0.2, 0.25) is 0 Å². The highest BCUT2D eigenvalue weighted by Crippen LogP contribution is 2.19. The molecule has 3 nitrogen and oxygen atoms in total. The molecule has 1 rings (SSSR count). The molecule has 0 spiro atoms. The van der Waals surface area contributed by atoms with Crippen LogP contribution in [-0.4, -0.2) is 35.1 Å². The standard InChI is InChI=1S/C10H13F3N2OS2/c1-3-15(5-10(11,12)13)8(16)4-7-6(2)14-9(17)18-7/h3-5H2,1-2H3,(H,14,17). The Bertz CT molecular complexity index is 478. The Morgan fingerprint density at radius 3 is 2.50 bits per heavy atom. The molecule has 0 aliphatic heterocycles. The molecule has 1 amide bonds. The normalized spacial score (nSPS) is 11.6. The first-order chi connectivity index (χ1) is 8.23. The van der Waals surface area contributed by atoms with E-state index >= 15 is 0 Å². The van der Waals surface area contributed by atoms with Gasteiger partial charge in [-0.15, -0.1) is 11.3 Å². The van der Waals surface area contributed by atoms with Crippen molar-refractivity contribution >= 4 is 29.5 Å². The second kappa shape index (κ2) is 5.83. The van der Waals surface area contributed by atoms with Gasteiger partial charge in [-0.2, -0.15) is 13.2 Å². The molecule has 0 fully saturated rings. The van der Waals surface area contributed by atoms with Gasteiger partial charge in [-0.05, 0) is 26.1 Å². The first kappa shape index (κ1) is 15.2. The molecular weight excluding hydrogens is 285 g/mol. The second-order valence-corrected chi connectivity index (χ2v) is 5.53. The zero-order valence-electron chi connectivity index (χ0n) is 9.93. The number of carbonyl (C=O) groups excluding carboxylic acids is 1. The number of H-pyrrole nitrogens is 1. The molecule has 0 saturated carbocycles. The molecule has 1 N–H and O–H groups in total. The van der Waals surface area contributed by atoms with Crippen LogP contribution in [0.4, 0.5) is 13.2 Å². The Balaban J connectivity index is 2.74. The second-order valence-electron chi connectivity index (χ2n) is 3.76. The summed E-state index contributed by atoms with van der Waals surface area (Å²) >= 11 is 6.13. The van der Waals surface area contributed by atoms with Gasteiger partial charge in [0.05, 0.1) is 6.42 Å². The van der Waals surface area contributed by atoms with E-state index in [1.54, 1.807) is 6.92 Å². The third-order valence-corrected chi connectivity index (χ3v) is 3.68. The summed E-state index contributed by atoms with van der Waals surface area (Å²) in [5, 5.41) is 0. The third kappa shape index (κ3) is 4.41. The highest BCUT2D eigenvalue weighted by atomic mass is 32.1. The number of hydrogen-bond donors (Lipinski definition) is 1. The maximum absolute atomic E-state index is 12.3. The highest BCUT2D eigenvalue weighted by Gasteiger charge is 2.32. The summed E-state index contributed by atoms with van der Waals surface area (Å²) in [4.78, 5) is 16.1. The SMILES string of the molecule is CCN(CC(F)(F)F)C(=O)Cc1sc(=S)[nH]c1C. The van der Waals surface area contributed by atoms with Gasteiger partial charge in [0.25, 0.3) is 0 Å². The molecule has 1 heterocycles. The van der Waals surface area contributed by atoms with Gasteiger partial charge in [-0.1, -0.05) is 0 Å². The minimum absolute atomic E-state index is 0.0349. The van der Waals surface area contributed by atoms with Gasteiger partial charge in [0.2, 0.25) is 5.91 Å². The van der Waals surface area contributed by atoms with Crippen LogP contribution in [0.15, 0.2) is 0 Å². The number of carbonyl (C=O) groups is 1. The maximum atomic E-state index is 12.3. The van der Waals surface area contributed by atoms with Gasteiger partial charge < -0.3 is 9.88 Å². The van der Waals surface area contributed by atoms with Crippen LogP contribution in [0.1, 0.15) is 17.5 Å². The summed E-state index contributed by atoms with van der Waals surface area (Å²) in [7, 11) is 0. The van der Waals surface area contributed by atoms with Crippen LogP contribution < -0.4 is 0 Å². The number of aryl methyl sites for hydroxylation is 1. The molecule has 1 aromatic heterocycles. The monoisotopic (exact) mass is 298 g/mol. The summed E-state index contributed by atoms with van der Waals surface area (Å²) in [6.07, 6.45) is -4.42. The Hall–Kier alpha value is -0.890. The lowest BCUT2D eigenvalue weighted by Gasteiger charge is -2.22. The van der Waals surface area contributed by atoms with Crippen molar-refractivity contribution in [1.82, 2.24) is 9.88 Å². The van der Waals surface area contributed by atoms with E-state index < -0.39 is 18.6 Å². The van der Waals surface area contributed by atoms with Crippen molar-refractivity contribution in [2.75, 3.05) is 13.1 Å². The van der Waals surface area contributed by atoms with Crippen LogP contribution in [-0.2, 0) is 11.2 Å². The van der Waals surface area contributed by atoms with Crippen LogP contribution in [0.25, 0.3) is 0 Å². The minimum atomic E-state index is -4.37. The predicted octanol–water partition coefficient (Wildman–Crippen LogP) is 3.07. The fraction of sp³-hybridized carbons (Fsp3) is 0.600. The Kier molecular flexibility index (Phi) is 4.92. The molecule has 18 heavy (non-hydrogen) atoms. The molecule has 0 aromatic carbocycles. The van der Waals surface area contributed by atoms with Gasteiger partial charge in [-0.25, -0.2) is 0 Å². The van der Waals surface area contributed by atoms with Gasteiger partial charge >= 0.3 is 6.18 Å². The lowest BCUT2D eigenvalue weighted by Crippen LogP contribution is -2.39. The van der Waals surface area contributed by atoms with Crippen molar-refractivity contribution in [2.24, 2.45) is 0 Å². The van der Waals surface area contributed by atoms with E-state index in [1.807, 2.05) is 0 Å². The molecular formula is C10H13F3N2OS2. The van der Waals surface area contributed by atoms with E-state index in [0.717, 1.165) is 10.6 Å². The Morgan fingerprint density at radius 2 is 2.11 bits per heavy atom. The van der Waals surface area contributed by atoms with E-state index in [4.69, 9.17) is 12.2 Å². The van der Waals surface area contributed by atoms with Gasteiger partial charge in [0, 0.05) is 17.1 Å². The lowest BCUT2D eigenvalue weighted by molar-refractivity contribution is -0.160. The van der Waals surface area contributed by atoms with E-state index in [9.17, 15) is 18.0 Å². The lowest BCUT2D eigenvalue weighted by atomic mass is 10.2.